The Morgan fingerprint density at radius 1 is 1.50 bits per heavy atom. The second-order valence-electron chi connectivity index (χ2n) is 2.47. The highest BCUT2D eigenvalue weighted by Crippen LogP contribution is 2.44. The summed E-state index contributed by atoms with van der Waals surface area (Å²) in [5, 5.41) is 0. The molecule has 2 N–H and O–H groups in total. The highest BCUT2D eigenvalue weighted by molar-refractivity contribution is 7.46. The van der Waals surface area contributed by atoms with Crippen LogP contribution in [-0.2, 0) is 9.09 Å². The molecule has 0 aromatic carbocycles. The fraction of sp³-hybridized carbons (Fsp3) is 0.800. The first-order valence-electron chi connectivity index (χ1n) is 3.06. The molecule has 0 amide bonds. The van der Waals surface area contributed by atoms with Crippen LogP contribution < -0.4 is 0 Å². The van der Waals surface area contributed by atoms with Gasteiger partial charge in [-0.1, -0.05) is 0 Å². The van der Waals surface area contributed by atoms with Crippen molar-refractivity contribution >= 4 is 7.82 Å². The van der Waals surface area contributed by atoms with Gasteiger partial charge in [0.15, 0.2) is 0 Å². The molecule has 0 aromatic rings. The topological polar surface area (TPSA) is 66.8 Å². The van der Waals surface area contributed by atoms with E-state index in [1.165, 1.54) is 0 Å². The molecule has 1 saturated carbocycles. The highest BCUT2D eigenvalue weighted by atomic mass is 31.2. The quantitative estimate of drug-likeness (QED) is 0.591. The van der Waals surface area contributed by atoms with Crippen molar-refractivity contribution in [3.05, 3.63) is 6.92 Å². The van der Waals surface area contributed by atoms with Crippen molar-refractivity contribution < 1.29 is 18.9 Å². The minimum Gasteiger partial charge on any atom is -0.303 e. The Kier molecular flexibility index (Phi) is 2.15. The van der Waals surface area contributed by atoms with Crippen LogP contribution in [0.3, 0.4) is 0 Å². The van der Waals surface area contributed by atoms with Gasteiger partial charge in [-0.3, -0.25) is 4.52 Å². The molecule has 1 rings (SSSR count). The van der Waals surface area contributed by atoms with Crippen molar-refractivity contribution in [2.24, 2.45) is 5.92 Å². The van der Waals surface area contributed by atoms with Crippen LogP contribution in [0.4, 0.5) is 0 Å². The van der Waals surface area contributed by atoms with Gasteiger partial charge in [-0.15, -0.1) is 0 Å². The maximum Gasteiger partial charge on any atom is 0.469 e. The van der Waals surface area contributed by atoms with Crippen LogP contribution in [0.2, 0.25) is 0 Å². The smallest absolute Gasteiger partial charge is 0.303 e. The summed E-state index contributed by atoms with van der Waals surface area (Å²) in [5.74, 6) is 0.0487. The van der Waals surface area contributed by atoms with Crippen LogP contribution >= 0.6 is 7.82 Å². The molecule has 0 heterocycles. The maximum absolute atomic E-state index is 10.2. The summed E-state index contributed by atoms with van der Waals surface area (Å²) in [6.07, 6.45) is 1.27. The Morgan fingerprint density at radius 2 is 2.10 bits per heavy atom. The van der Waals surface area contributed by atoms with Crippen LogP contribution in [0.1, 0.15) is 12.8 Å². The number of phosphoric ester groups is 1. The van der Waals surface area contributed by atoms with Crippen LogP contribution in [0.5, 0.6) is 0 Å². The molecule has 5 heteroatoms. The van der Waals surface area contributed by atoms with Gasteiger partial charge in [-0.2, -0.15) is 0 Å². The van der Waals surface area contributed by atoms with E-state index in [1.807, 2.05) is 0 Å². The van der Waals surface area contributed by atoms with Crippen molar-refractivity contribution in [1.29, 1.82) is 0 Å². The lowest BCUT2D eigenvalue weighted by Crippen LogP contribution is -2.30. The summed E-state index contributed by atoms with van der Waals surface area (Å²) in [6.45, 7) is 3.64. The summed E-state index contributed by atoms with van der Waals surface area (Å²) >= 11 is 0. The average Bonchev–Trinajstić information content (AvgIpc) is 1.78. The largest absolute Gasteiger partial charge is 0.469 e. The zero-order valence-electron chi connectivity index (χ0n) is 5.43. The normalized spacial score (nSPS) is 33.5. The molecular weight excluding hydrogens is 155 g/mol. The lowest BCUT2D eigenvalue weighted by molar-refractivity contribution is 0.0409. The molecule has 0 aromatic heterocycles. The Balaban J connectivity index is 2.33. The van der Waals surface area contributed by atoms with E-state index in [1.54, 1.807) is 0 Å². The summed E-state index contributed by atoms with van der Waals surface area (Å²) in [5.41, 5.74) is 0. The van der Waals surface area contributed by atoms with Gasteiger partial charge in [0.1, 0.15) is 0 Å². The van der Waals surface area contributed by atoms with Gasteiger partial charge < -0.3 is 9.79 Å². The van der Waals surface area contributed by atoms with E-state index in [-0.39, 0.29) is 12.0 Å². The van der Waals surface area contributed by atoms with E-state index < -0.39 is 7.82 Å². The van der Waals surface area contributed by atoms with E-state index >= 15 is 0 Å². The predicted octanol–water partition coefficient (Wildman–Crippen LogP) is 0.708. The van der Waals surface area contributed by atoms with E-state index in [0.29, 0.717) is 6.42 Å². The van der Waals surface area contributed by atoms with Crippen molar-refractivity contribution in [1.82, 2.24) is 0 Å². The summed E-state index contributed by atoms with van der Waals surface area (Å²) < 4.78 is 14.6. The first kappa shape index (κ1) is 8.21. The molecule has 1 aliphatic carbocycles. The molecule has 2 atom stereocenters. The summed E-state index contributed by atoms with van der Waals surface area (Å²) in [7, 11) is -4.26. The maximum atomic E-state index is 10.2. The minimum atomic E-state index is -4.26. The standard InChI is InChI=1S/C5H10O4P/c1-4-2-3-5(4)9-10(6,7)8/h4-5H,1-3H2,(H2,6,7,8). The molecule has 59 valence electrons. The molecule has 1 radical (unpaired) electrons. The zero-order valence-corrected chi connectivity index (χ0v) is 6.33. The second kappa shape index (κ2) is 2.62. The Labute approximate surface area is 59.4 Å². The van der Waals surface area contributed by atoms with Crippen LogP contribution in [0, 0.1) is 12.8 Å². The van der Waals surface area contributed by atoms with Gasteiger partial charge in [-0.05, 0) is 25.7 Å². The first-order valence-corrected chi connectivity index (χ1v) is 4.59. The fourth-order valence-electron chi connectivity index (χ4n) is 0.854. The highest BCUT2D eigenvalue weighted by Gasteiger charge is 2.33. The van der Waals surface area contributed by atoms with E-state index in [2.05, 4.69) is 11.4 Å². The number of rotatable bonds is 2. The minimum absolute atomic E-state index is 0.0487. The Hall–Kier alpha value is 0.110. The third-order valence-electron chi connectivity index (χ3n) is 1.62. The van der Waals surface area contributed by atoms with E-state index in [4.69, 9.17) is 9.79 Å². The van der Waals surface area contributed by atoms with Crippen LogP contribution in [-0.4, -0.2) is 15.9 Å². The molecule has 2 unspecified atom stereocenters. The molecule has 1 fully saturated rings. The van der Waals surface area contributed by atoms with Crippen molar-refractivity contribution in [2.75, 3.05) is 0 Å². The Bertz CT molecular complexity index is 163. The summed E-state index contributed by atoms with van der Waals surface area (Å²) in [6, 6.07) is 0. The van der Waals surface area contributed by atoms with Crippen molar-refractivity contribution in [3.63, 3.8) is 0 Å². The molecule has 4 nitrogen and oxygen atoms in total. The van der Waals surface area contributed by atoms with Gasteiger partial charge in [0.2, 0.25) is 0 Å². The number of hydrogen-bond donors (Lipinski definition) is 2. The van der Waals surface area contributed by atoms with Gasteiger partial charge in [-0.25, -0.2) is 4.57 Å². The first-order chi connectivity index (χ1) is 4.49. The molecule has 0 bridgehead atoms. The molecule has 10 heavy (non-hydrogen) atoms. The SMILES string of the molecule is [CH2]C1CCC1OP(=O)(O)O. The van der Waals surface area contributed by atoms with Gasteiger partial charge in [0.05, 0.1) is 6.10 Å². The molecule has 0 saturated heterocycles. The monoisotopic (exact) mass is 165 g/mol. The van der Waals surface area contributed by atoms with Gasteiger partial charge in [0, 0.05) is 0 Å². The van der Waals surface area contributed by atoms with Gasteiger partial charge in [0.25, 0.3) is 0 Å². The van der Waals surface area contributed by atoms with Gasteiger partial charge >= 0.3 is 7.82 Å². The molecular formula is C5H10O4P. The van der Waals surface area contributed by atoms with Crippen molar-refractivity contribution in [2.45, 2.75) is 18.9 Å². The molecule has 0 aliphatic heterocycles. The van der Waals surface area contributed by atoms with Crippen LogP contribution in [0.25, 0.3) is 0 Å². The van der Waals surface area contributed by atoms with E-state index in [0.717, 1.165) is 6.42 Å². The molecule has 1 aliphatic rings. The number of hydrogen-bond acceptors (Lipinski definition) is 2. The zero-order chi connectivity index (χ0) is 7.78. The second-order valence-corrected chi connectivity index (χ2v) is 3.66. The molecule has 0 spiro atoms. The third-order valence-corrected chi connectivity index (χ3v) is 2.17. The number of phosphoric acid groups is 1. The fourth-order valence-corrected chi connectivity index (χ4v) is 1.48. The lowest BCUT2D eigenvalue weighted by Gasteiger charge is -2.32. The summed E-state index contributed by atoms with van der Waals surface area (Å²) in [4.78, 5) is 16.7. The Morgan fingerprint density at radius 3 is 2.20 bits per heavy atom. The van der Waals surface area contributed by atoms with Crippen molar-refractivity contribution in [3.8, 4) is 0 Å². The lowest BCUT2D eigenvalue weighted by atomic mass is 9.84. The van der Waals surface area contributed by atoms with Crippen LogP contribution in [0.15, 0.2) is 0 Å². The predicted molar refractivity (Wildman–Crippen MR) is 35.0 cm³/mol. The average molecular weight is 165 g/mol. The van der Waals surface area contributed by atoms with E-state index in [9.17, 15) is 4.57 Å². The third kappa shape index (κ3) is 2.06.